The third kappa shape index (κ3) is 5.88. The molecule has 0 radical (unpaired) electrons. The van der Waals surface area contributed by atoms with Gasteiger partial charge in [0, 0.05) is 11.5 Å². The second-order valence-electron chi connectivity index (χ2n) is 2.15. The van der Waals surface area contributed by atoms with Crippen molar-refractivity contribution in [1.29, 1.82) is 0 Å². The van der Waals surface area contributed by atoms with Crippen LogP contribution in [0.5, 0.6) is 0 Å². The average molecular weight is 189 g/mol. The number of rotatable bonds is 5. The summed E-state index contributed by atoms with van der Waals surface area (Å²) < 4.78 is 4.75. The first-order chi connectivity index (χ1) is 5.68. The Kier molecular flexibility index (Phi) is 6.32. The molecule has 1 unspecified atom stereocenters. The lowest BCUT2D eigenvalue weighted by atomic mass is 10.4. The van der Waals surface area contributed by atoms with Gasteiger partial charge in [0.1, 0.15) is 0 Å². The molecular weight excluding hydrogens is 178 g/mol. The number of carbonyl (C=O) groups is 1. The fourth-order valence-electron chi connectivity index (χ4n) is 0.473. The summed E-state index contributed by atoms with van der Waals surface area (Å²) in [6.07, 6.45) is 0.552. The van der Waals surface area contributed by atoms with Crippen LogP contribution >= 0.6 is 12.6 Å². The lowest BCUT2D eigenvalue weighted by molar-refractivity contribution is -0.142. The molecule has 0 aliphatic carbocycles. The third-order valence-corrected chi connectivity index (χ3v) is 1.26. The zero-order valence-corrected chi connectivity index (χ0v) is 7.70. The molecule has 68 valence electrons. The first-order valence-corrected chi connectivity index (χ1v) is 4.05. The van der Waals surface area contributed by atoms with Crippen LogP contribution in [0.25, 0.3) is 10.4 Å². The molecule has 0 N–H and O–H groups in total. The maximum atomic E-state index is 10.8. The number of hydrogen-bond donors (Lipinski definition) is 1. The standard InChI is InChI=1S/C6H11N3O2S/c1-5(12)6(10)11-4-2-3-8-9-7/h5,12H,2-4H2,1H3. The zero-order valence-electron chi connectivity index (χ0n) is 6.80. The predicted octanol–water partition coefficient (Wildman–Crippen LogP) is 1.55. The van der Waals surface area contributed by atoms with Crippen molar-refractivity contribution >= 4 is 18.6 Å². The van der Waals surface area contributed by atoms with E-state index in [-0.39, 0.29) is 12.6 Å². The summed E-state index contributed by atoms with van der Waals surface area (Å²) in [4.78, 5) is 13.3. The van der Waals surface area contributed by atoms with E-state index >= 15 is 0 Å². The van der Waals surface area contributed by atoms with Crippen molar-refractivity contribution in [3.05, 3.63) is 10.4 Å². The van der Waals surface area contributed by atoms with Crippen LogP contribution in [0, 0.1) is 0 Å². The highest BCUT2D eigenvalue weighted by Crippen LogP contribution is 1.96. The first kappa shape index (κ1) is 11.1. The van der Waals surface area contributed by atoms with E-state index in [0.717, 1.165) is 0 Å². The number of thiol groups is 1. The molecule has 1 atom stereocenters. The molecule has 0 spiro atoms. The van der Waals surface area contributed by atoms with Gasteiger partial charge in [-0.3, -0.25) is 4.79 Å². The van der Waals surface area contributed by atoms with Gasteiger partial charge in [0.15, 0.2) is 0 Å². The van der Waals surface area contributed by atoms with Gasteiger partial charge in [-0.15, -0.1) is 0 Å². The summed E-state index contributed by atoms with van der Waals surface area (Å²) in [6, 6.07) is 0. The van der Waals surface area contributed by atoms with Crippen LogP contribution in [-0.2, 0) is 9.53 Å². The Morgan fingerprint density at radius 3 is 3.00 bits per heavy atom. The van der Waals surface area contributed by atoms with Crippen molar-refractivity contribution in [3.63, 3.8) is 0 Å². The Balaban J connectivity index is 3.31. The highest BCUT2D eigenvalue weighted by molar-refractivity contribution is 7.81. The van der Waals surface area contributed by atoms with Crippen molar-refractivity contribution in [2.45, 2.75) is 18.6 Å². The molecule has 0 aromatic heterocycles. The summed E-state index contributed by atoms with van der Waals surface area (Å²) in [5.41, 5.74) is 7.90. The molecule has 0 amide bonds. The zero-order chi connectivity index (χ0) is 9.40. The van der Waals surface area contributed by atoms with Crippen LogP contribution < -0.4 is 0 Å². The summed E-state index contributed by atoms with van der Waals surface area (Å²) in [5.74, 6) is -0.348. The fourth-order valence-corrected chi connectivity index (χ4v) is 0.548. The van der Waals surface area contributed by atoms with Crippen LogP contribution in [-0.4, -0.2) is 24.4 Å². The van der Waals surface area contributed by atoms with E-state index in [2.05, 4.69) is 22.7 Å². The molecule has 5 nitrogen and oxygen atoms in total. The Hall–Kier alpha value is -0.870. The van der Waals surface area contributed by atoms with Gasteiger partial charge in [-0.05, 0) is 18.9 Å². The van der Waals surface area contributed by atoms with E-state index in [1.165, 1.54) is 0 Å². The Morgan fingerprint density at radius 2 is 2.50 bits per heavy atom. The van der Waals surface area contributed by atoms with Gasteiger partial charge in [-0.25, -0.2) is 0 Å². The van der Waals surface area contributed by atoms with E-state index in [4.69, 9.17) is 10.3 Å². The highest BCUT2D eigenvalue weighted by atomic mass is 32.1. The predicted molar refractivity (Wildman–Crippen MR) is 48.0 cm³/mol. The lowest BCUT2D eigenvalue weighted by Crippen LogP contribution is -2.15. The summed E-state index contributed by atoms with van der Waals surface area (Å²) in [5, 5.41) is 2.89. The van der Waals surface area contributed by atoms with Crippen LogP contribution in [0.4, 0.5) is 0 Å². The van der Waals surface area contributed by atoms with Crippen LogP contribution in [0.15, 0.2) is 5.11 Å². The molecule has 6 heteroatoms. The summed E-state index contributed by atoms with van der Waals surface area (Å²) >= 11 is 3.88. The summed E-state index contributed by atoms with van der Waals surface area (Å²) in [6.45, 7) is 2.27. The van der Waals surface area contributed by atoms with Gasteiger partial charge in [0.05, 0.1) is 11.9 Å². The summed E-state index contributed by atoms with van der Waals surface area (Å²) in [7, 11) is 0. The Bertz CT molecular complexity index is 189. The monoisotopic (exact) mass is 189 g/mol. The second-order valence-corrected chi connectivity index (χ2v) is 2.93. The van der Waals surface area contributed by atoms with Crippen molar-refractivity contribution in [3.8, 4) is 0 Å². The van der Waals surface area contributed by atoms with Gasteiger partial charge in [-0.1, -0.05) is 5.11 Å². The number of esters is 1. The third-order valence-electron chi connectivity index (χ3n) is 1.05. The lowest BCUT2D eigenvalue weighted by Gasteiger charge is -2.04. The highest BCUT2D eigenvalue weighted by Gasteiger charge is 2.07. The molecule has 0 aliphatic rings. The van der Waals surface area contributed by atoms with Gasteiger partial charge >= 0.3 is 5.97 Å². The molecule has 0 bridgehead atoms. The fraction of sp³-hybridized carbons (Fsp3) is 0.833. The quantitative estimate of drug-likeness (QED) is 0.178. The molecular formula is C6H11N3O2S. The van der Waals surface area contributed by atoms with E-state index in [1.807, 2.05) is 0 Å². The molecule has 0 saturated heterocycles. The number of azide groups is 1. The Morgan fingerprint density at radius 1 is 1.83 bits per heavy atom. The van der Waals surface area contributed by atoms with Crippen LogP contribution in [0.1, 0.15) is 13.3 Å². The smallest absolute Gasteiger partial charge is 0.318 e. The van der Waals surface area contributed by atoms with Gasteiger partial charge < -0.3 is 4.74 Å². The minimum absolute atomic E-state index is 0.281. The van der Waals surface area contributed by atoms with E-state index in [9.17, 15) is 4.79 Å². The maximum absolute atomic E-state index is 10.8. The molecule has 0 saturated carbocycles. The SMILES string of the molecule is CC(S)C(=O)OCCCN=[N+]=[N-]. The van der Waals surface area contributed by atoms with E-state index in [1.54, 1.807) is 6.92 Å². The molecule has 0 heterocycles. The maximum Gasteiger partial charge on any atom is 0.318 e. The molecule has 0 rings (SSSR count). The Labute approximate surface area is 76.1 Å². The van der Waals surface area contributed by atoms with Gasteiger partial charge in [0.2, 0.25) is 0 Å². The number of nitrogens with zero attached hydrogens (tertiary/aromatic N) is 3. The minimum atomic E-state index is -0.399. The van der Waals surface area contributed by atoms with Crippen molar-refractivity contribution in [2.75, 3.05) is 13.2 Å². The minimum Gasteiger partial charge on any atom is -0.465 e. The number of ether oxygens (including phenoxy) is 1. The molecule has 0 fully saturated rings. The van der Waals surface area contributed by atoms with Crippen LogP contribution in [0.3, 0.4) is 0 Å². The largest absolute Gasteiger partial charge is 0.465 e. The van der Waals surface area contributed by atoms with Crippen molar-refractivity contribution < 1.29 is 9.53 Å². The second kappa shape index (κ2) is 6.82. The van der Waals surface area contributed by atoms with Crippen molar-refractivity contribution in [2.24, 2.45) is 5.11 Å². The van der Waals surface area contributed by atoms with Crippen LogP contribution in [0.2, 0.25) is 0 Å². The average Bonchev–Trinajstić information content (AvgIpc) is 2.03. The van der Waals surface area contributed by atoms with Gasteiger partial charge in [0.25, 0.3) is 0 Å². The molecule has 0 aromatic rings. The molecule has 0 aliphatic heterocycles. The molecule has 0 aromatic carbocycles. The van der Waals surface area contributed by atoms with E-state index < -0.39 is 5.25 Å². The topological polar surface area (TPSA) is 75.1 Å². The number of hydrogen-bond acceptors (Lipinski definition) is 4. The first-order valence-electron chi connectivity index (χ1n) is 3.54. The van der Waals surface area contributed by atoms with Gasteiger partial charge in [-0.2, -0.15) is 12.6 Å². The normalized spacial score (nSPS) is 11.5. The number of carbonyl (C=O) groups excluding carboxylic acids is 1. The van der Waals surface area contributed by atoms with E-state index in [0.29, 0.717) is 13.0 Å². The van der Waals surface area contributed by atoms with Crippen molar-refractivity contribution in [1.82, 2.24) is 0 Å². The molecule has 12 heavy (non-hydrogen) atoms.